The lowest BCUT2D eigenvalue weighted by atomic mass is 10.2. The summed E-state index contributed by atoms with van der Waals surface area (Å²) in [7, 11) is 1.99. The molecule has 0 saturated carbocycles. The van der Waals surface area contributed by atoms with Crippen molar-refractivity contribution in [3.8, 4) is 0 Å². The molecule has 1 saturated heterocycles. The highest BCUT2D eigenvalue weighted by Gasteiger charge is 2.20. The van der Waals surface area contributed by atoms with Crippen LogP contribution in [0.5, 0.6) is 0 Å². The number of hydrogen-bond donors (Lipinski definition) is 1. The van der Waals surface area contributed by atoms with E-state index in [-0.39, 0.29) is 24.0 Å². The van der Waals surface area contributed by atoms with Crippen molar-refractivity contribution in [3.63, 3.8) is 0 Å². The number of thiophene rings is 1. The highest BCUT2D eigenvalue weighted by atomic mass is 127. The third kappa shape index (κ3) is 6.50. The maximum atomic E-state index is 4.89. The van der Waals surface area contributed by atoms with Gasteiger partial charge in [0, 0.05) is 44.6 Å². The number of aryl methyl sites for hydroxylation is 1. The summed E-state index contributed by atoms with van der Waals surface area (Å²) in [5, 5.41) is 14.1. The van der Waals surface area contributed by atoms with Crippen LogP contribution >= 0.6 is 35.3 Å². The van der Waals surface area contributed by atoms with Crippen LogP contribution in [0.1, 0.15) is 22.1 Å². The molecule has 0 amide bonds. The van der Waals surface area contributed by atoms with Gasteiger partial charge in [-0.15, -0.1) is 45.5 Å². The molecule has 0 bridgehead atoms. The molecule has 1 aromatic carbocycles. The van der Waals surface area contributed by atoms with Gasteiger partial charge in [-0.1, -0.05) is 36.4 Å². The van der Waals surface area contributed by atoms with E-state index < -0.39 is 0 Å². The Kier molecular flexibility index (Phi) is 8.85. The number of aromatic nitrogens is 3. The molecule has 9 heteroatoms. The molecule has 7 nitrogen and oxygen atoms in total. The molecule has 2 aromatic heterocycles. The molecule has 166 valence electrons. The molecular formula is C22H30IN7S. The number of halogens is 1. The van der Waals surface area contributed by atoms with Gasteiger partial charge < -0.3 is 14.8 Å². The van der Waals surface area contributed by atoms with Gasteiger partial charge in [-0.05, 0) is 23.9 Å². The van der Waals surface area contributed by atoms with Crippen molar-refractivity contribution in [2.45, 2.75) is 26.6 Å². The minimum absolute atomic E-state index is 0. The van der Waals surface area contributed by atoms with E-state index in [2.05, 4.69) is 73.2 Å². The number of rotatable bonds is 6. The number of aliphatic imine (C=N–C) groups is 1. The Morgan fingerprint density at radius 2 is 1.84 bits per heavy atom. The minimum atomic E-state index is 0. The van der Waals surface area contributed by atoms with Crippen LogP contribution in [-0.2, 0) is 26.7 Å². The van der Waals surface area contributed by atoms with Gasteiger partial charge in [0.05, 0.1) is 6.54 Å². The molecular weight excluding hydrogens is 521 g/mol. The zero-order valence-electron chi connectivity index (χ0n) is 18.1. The SMILES string of the molecule is Cc1nnc(CN=C(NCc2cccs2)N2CCN(Cc3ccccc3)CC2)n1C.I. The predicted molar refractivity (Wildman–Crippen MR) is 137 cm³/mol. The van der Waals surface area contributed by atoms with Crippen LogP contribution in [0.25, 0.3) is 0 Å². The first-order valence-electron chi connectivity index (χ1n) is 10.4. The average molecular weight is 552 g/mol. The Labute approximate surface area is 205 Å². The lowest BCUT2D eigenvalue weighted by Gasteiger charge is -2.36. The van der Waals surface area contributed by atoms with Crippen molar-refractivity contribution in [2.24, 2.45) is 12.0 Å². The summed E-state index contributed by atoms with van der Waals surface area (Å²) in [6.07, 6.45) is 0. The molecule has 4 rings (SSSR count). The van der Waals surface area contributed by atoms with E-state index in [0.29, 0.717) is 6.54 Å². The maximum Gasteiger partial charge on any atom is 0.194 e. The van der Waals surface area contributed by atoms with E-state index in [1.54, 1.807) is 11.3 Å². The third-order valence-electron chi connectivity index (χ3n) is 5.47. The molecule has 0 atom stereocenters. The summed E-state index contributed by atoms with van der Waals surface area (Å²) < 4.78 is 2.00. The Bertz CT molecular complexity index is 948. The summed E-state index contributed by atoms with van der Waals surface area (Å²) in [5.74, 6) is 2.73. The van der Waals surface area contributed by atoms with Crippen molar-refractivity contribution < 1.29 is 0 Å². The summed E-state index contributed by atoms with van der Waals surface area (Å²) >= 11 is 1.76. The smallest absolute Gasteiger partial charge is 0.194 e. The Balaban J connectivity index is 0.00000272. The van der Waals surface area contributed by atoms with E-state index >= 15 is 0 Å². The highest BCUT2D eigenvalue weighted by Crippen LogP contribution is 2.11. The molecule has 31 heavy (non-hydrogen) atoms. The van der Waals surface area contributed by atoms with Crippen molar-refractivity contribution in [3.05, 3.63) is 69.9 Å². The van der Waals surface area contributed by atoms with Gasteiger partial charge in [-0.25, -0.2) is 4.99 Å². The van der Waals surface area contributed by atoms with Gasteiger partial charge in [0.15, 0.2) is 11.8 Å². The molecule has 3 aromatic rings. The standard InChI is InChI=1S/C22H29N7S.HI/c1-18-25-26-21(27(18)2)16-24-22(23-15-20-9-6-14-30-20)29-12-10-28(11-13-29)17-19-7-4-3-5-8-19;/h3-9,14H,10-13,15-17H2,1-2H3,(H,23,24);1H. The second-order valence-corrected chi connectivity index (χ2v) is 8.58. The van der Waals surface area contributed by atoms with E-state index in [0.717, 1.165) is 56.9 Å². The van der Waals surface area contributed by atoms with Crippen LogP contribution < -0.4 is 5.32 Å². The first-order valence-corrected chi connectivity index (χ1v) is 11.2. The molecule has 1 aliphatic heterocycles. The fourth-order valence-electron chi connectivity index (χ4n) is 3.54. The maximum absolute atomic E-state index is 4.89. The van der Waals surface area contributed by atoms with Gasteiger partial charge in [0.25, 0.3) is 0 Å². The summed E-state index contributed by atoms with van der Waals surface area (Å²) in [6, 6.07) is 14.9. The average Bonchev–Trinajstić information content (AvgIpc) is 3.40. The van der Waals surface area contributed by atoms with Gasteiger partial charge in [0.1, 0.15) is 12.4 Å². The van der Waals surface area contributed by atoms with Crippen molar-refractivity contribution in [1.29, 1.82) is 0 Å². The first-order chi connectivity index (χ1) is 14.7. The quantitative estimate of drug-likeness (QED) is 0.290. The van der Waals surface area contributed by atoms with E-state index in [4.69, 9.17) is 4.99 Å². The normalized spacial score (nSPS) is 15.0. The first kappa shape index (κ1) is 23.7. The van der Waals surface area contributed by atoms with Crippen LogP contribution in [0.15, 0.2) is 52.8 Å². The number of nitrogens with one attached hydrogen (secondary N) is 1. The van der Waals surface area contributed by atoms with E-state index in [1.165, 1.54) is 10.4 Å². The molecule has 3 heterocycles. The Hall–Kier alpha value is -1.98. The molecule has 1 N–H and O–H groups in total. The van der Waals surface area contributed by atoms with Gasteiger partial charge in [-0.2, -0.15) is 0 Å². The number of nitrogens with zero attached hydrogens (tertiary/aromatic N) is 6. The van der Waals surface area contributed by atoms with Crippen molar-refractivity contribution in [1.82, 2.24) is 29.9 Å². The molecule has 0 aliphatic carbocycles. The summed E-state index contributed by atoms with van der Waals surface area (Å²) in [5.41, 5.74) is 1.37. The summed E-state index contributed by atoms with van der Waals surface area (Å²) in [6.45, 7) is 8.24. The molecule has 1 aliphatic rings. The fourth-order valence-corrected chi connectivity index (χ4v) is 4.19. The van der Waals surface area contributed by atoms with Crippen LogP contribution in [0.3, 0.4) is 0 Å². The molecule has 0 spiro atoms. The molecule has 0 radical (unpaired) electrons. The van der Waals surface area contributed by atoms with Crippen LogP contribution in [-0.4, -0.2) is 56.7 Å². The third-order valence-corrected chi connectivity index (χ3v) is 6.35. The number of piperazine rings is 1. The molecule has 0 unspecified atom stereocenters. The van der Waals surface area contributed by atoms with Crippen molar-refractivity contribution >= 4 is 41.3 Å². The monoisotopic (exact) mass is 551 g/mol. The topological polar surface area (TPSA) is 61.6 Å². The van der Waals surface area contributed by atoms with Gasteiger partial charge >= 0.3 is 0 Å². The number of guanidine groups is 1. The van der Waals surface area contributed by atoms with Gasteiger partial charge in [0.2, 0.25) is 0 Å². The molecule has 1 fully saturated rings. The van der Waals surface area contributed by atoms with Gasteiger partial charge in [-0.3, -0.25) is 4.90 Å². The zero-order chi connectivity index (χ0) is 20.8. The van der Waals surface area contributed by atoms with E-state index in [1.807, 2.05) is 18.5 Å². The van der Waals surface area contributed by atoms with Crippen LogP contribution in [0.4, 0.5) is 0 Å². The second kappa shape index (κ2) is 11.6. The zero-order valence-corrected chi connectivity index (χ0v) is 21.2. The number of hydrogen-bond acceptors (Lipinski definition) is 5. The highest BCUT2D eigenvalue weighted by molar-refractivity contribution is 14.0. The second-order valence-electron chi connectivity index (χ2n) is 7.54. The largest absolute Gasteiger partial charge is 0.351 e. The fraction of sp³-hybridized carbons (Fsp3) is 0.409. The van der Waals surface area contributed by atoms with Crippen molar-refractivity contribution in [2.75, 3.05) is 26.2 Å². The number of benzene rings is 1. The lowest BCUT2D eigenvalue weighted by molar-refractivity contribution is 0.172. The Morgan fingerprint density at radius 1 is 1.06 bits per heavy atom. The van der Waals surface area contributed by atoms with Crippen LogP contribution in [0.2, 0.25) is 0 Å². The summed E-state index contributed by atoms with van der Waals surface area (Å²) in [4.78, 5) is 11.1. The minimum Gasteiger partial charge on any atom is -0.351 e. The predicted octanol–water partition coefficient (Wildman–Crippen LogP) is 3.27. The lowest BCUT2D eigenvalue weighted by Crippen LogP contribution is -2.52. The van der Waals surface area contributed by atoms with E-state index in [9.17, 15) is 0 Å². The Morgan fingerprint density at radius 3 is 2.48 bits per heavy atom. The van der Waals surface area contributed by atoms with Crippen LogP contribution in [0, 0.1) is 6.92 Å².